The molecule has 4 heteroatoms. The predicted molar refractivity (Wildman–Crippen MR) is 58.1 cm³/mol. The van der Waals surface area contributed by atoms with Crippen LogP contribution in [0.15, 0.2) is 16.6 Å². The van der Waals surface area contributed by atoms with Gasteiger partial charge in [0, 0.05) is 11.5 Å². The van der Waals surface area contributed by atoms with Crippen LogP contribution in [0.1, 0.15) is 5.56 Å². The number of aromatic nitrogens is 2. The molecular formula is C9H10BrN3. The summed E-state index contributed by atoms with van der Waals surface area (Å²) in [4.78, 5) is 7.55. The Kier molecular flexibility index (Phi) is 2.00. The van der Waals surface area contributed by atoms with Crippen LogP contribution in [0.2, 0.25) is 0 Å². The molecule has 1 aromatic carbocycles. The number of fused-ring (bicyclic) bond motifs is 1. The molecule has 2 N–H and O–H groups in total. The number of aromatic amines is 1. The minimum Gasteiger partial charge on any atom is -0.359 e. The number of anilines is 1. The van der Waals surface area contributed by atoms with Crippen molar-refractivity contribution < 1.29 is 0 Å². The SMILES string of the molecule is CNc1nc2cc(Br)cc(C)c2[nH]1. The normalized spacial score (nSPS) is 10.7. The second-order valence-corrected chi connectivity index (χ2v) is 3.87. The zero-order valence-corrected chi connectivity index (χ0v) is 9.07. The zero-order chi connectivity index (χ0) is 9.42. The highest BCUT2D eigenvalue weighted by molar-refractivity contribution is 9.10. The summed E-state index contributed by atoms with van der Waals surface area (Å²) in [5.74, 6) is 0.802. The molecule has 0 aliphatic heterocycles. The van der Waals surface area contributed by atoms with E-state index >= 15 is 0 Å². The monoisotopic (exact) mass is 239 g/mol. The van der Waals surface area contributed by atoms with Crippen molar-refractivity contribution >= 4 is 32.9 Å². The molecule has 2 rings (SSSR count). The van der Waals surface area contributed by atoms with Crippen LogP contribution in [0.3, 0.4) is 0 Å². The third-order valence-electron chi connectivity index (χ3n) is 1.99. The molecule has 0 fully saturated rings. The smallest absolute Gasteiger partial charge is 0.200 e. The third kappa shape index (κ3) is 1.42. The van der Waals surface area contributed by atoms with Gasteiger partial charge in [0.05, 0.1) is 11.0 Å². The molecule has 3 nitrogen and oxygen atoms in total. The zero-order valence-electron chi connectivity index (χ0n) is 7.48. The molecule has 0 saturated carbocycles. The Balaban J connectivity index is 2.75. The number of halogens is 1. The largest absolute Gasteiger partial charge is 0.359 e. The average molecular weight is 240 g/mol. The van der Waals surface area contributed by atoms with Crippen LogP contribution in [0.4, 0.5) is 5.95 Å². The van der Waals surface area contributed by atoms with Crippen molar-refractivity contribution in [3.8, 4) is 0 Å². The molecule has 13 heavy (non-hydrogen) atoms. The molecule has 0 unspecified atom stereocenters. The second-order valence-electron chi connectivity index (χ2n) is 2.95. The van der Waals surface area contributed by atoms with Gasteiger partial charge in [0.2, 0.25) is 5.95 Å². The highest BCUT2D eigenvalue weighted by atomic mass is 79.9. The Morgan fingerprint density at radius 3 is 2.92 bits per heavy atom. The molecule has 1 aromatic heterocycles. The standard InChI is InChI=1S/C9H10BrN3/c1-5-3-6(10)4-7-8(5)13-9(11-2)12-7/h3-4H,1-2H3,(H2,11,12,13). The highest BCUT2D eigenvalue weighted by Crippen LogP contribution is 2.22. The van der Waals surface area contributed by atoms with E-state index in [0.717, 1.165) is 21.5 Å². The van der Waals surface area contributed by atoms with E-state index in [1.54, 1.807) is 0 Å². The van der Waals surface area contributed by atoms with E-state index in [2.05, 4.69) is 44.2 Å². The van der Waals surface area contributed by atoms with Gasteiger partial charge in [0.25, 0.3) is 0 Å². The number of nitrogens with one attached hydrogen (secondary N) is 2. The number of aryl methyl sites for hydroxylation is 1. The summed E-state index contributed by atoms with van der Waals surface area (Å²) >= 11 is 3.44. The topological polar surface area (TPSA) is 40.7 Å². The molecule has 0 bridgehead atoms. The third-order valence-corrected chi connectivity index (χ3v) is 2.45. The Morgan fingerprint density at radius 2 is 2.23 bits per heavy atom. The van der Waals surface area contributed by atoms with Crippen molar-refractivity contribution in [1.82, 2.24) is 9.97 Å². The Bertz CT molecular complexity index is 447. The molecule has 0 saturated heterocycles. The first-order valence-electron chi connectivity index (χ1n) is 4.04. The van der Waals surface area contributed by atoms with Crippen LogP contribution < -0.4 is 5.32 Å². The number of benzene rings is 1. The van der Waals surface area contributed by atoms with Gasteiger partial charge in [-0.1, -0.05) is 15.9 Å². The van der Waals surface area contributed by atoms with Gasteiger partial charge in [-0.2, -0.15) is 0 Å². The molecule has 1 heterocycles. The lowest BCUT2D eigenvalue weighted by Gasteiger charge is -1.95. The fraction of sp³-hybridized carbons (Fsp3) is 0.222. The summed E-state index contributed by atoms with van der Waals surface area (Å²) < 4.78 is 1.06. The van der Waals surface area contributed by atoms with E-state index in [0.29, 0.717) is 0 Å². The van der Waals surface area contributed by atoms with Gasteiger partial charge in [-0.15, -0.1) is 0 Å². The van der Waals surface area contributed by atoms with Gasteiger partial charge in [-0.05, 0) is 24.6 Å². The average Bonchev–Trinajstić information content (AvgIpc) is 2.47. The molecule has 0 atom stereocenters. The van der Waals surface area contributed by atoms with E-state index in [9.17, 15) is 0 Å². The van der Waals surface area contributed by atoms with Crippen LogP contribution in [0, 0.1) is 6.92 Å². The highest BCUT2D eigenvalue weighted by Gasteiger charge is 2.04. The lowest BCUT2D eigenvalue weighted by atomic mass is 10.2. The molecular weight excluding hydrogens is 230 g/mol. The van der Waals surface area contributed by atoms with E-state index in [4.69, 9.17) is 0 Å². The van der Waals surface area contributed by atoms with Crippen molar-refractivity contribution in [3.63, 3.8) is 0 Å². The summed E-state index contributed by atoms with van der Waals surface area (Å²) in [6, 6.07) is 4.07. The van der Waals surface area contributed by atoms with Crippen molar-refractivity contribution in [2.75, 3.05) is 12.4 Å². The minimum absolute atomic E-state index is 0.802. The van der Waals surface area contributed by atoms with Gasteiger partial charge < -0.3 is 10.3 Å². The number of imidazole rings is 1. The van der Waals surface area contributed by atoms with E-state index in [1.807, 2.05) is 13.1 Å². The summed E-state index contributed by atoms with van der Waals surface area (Å²) in [5, 5.41) is 2.98. The number of nitrogens with zero attached hydrogens (tertiary/aromatic N) is 1. The van der Waals surface area contributed by atoms with E-state index < -0.39 is 0 Å². The number of rotatable bonds is 1. The Hall–Kier alpha value is -1.03. The molecule has 2 aromatic rings. The summed E-state index contributed by atoms with van der Waals surface area (Å²) in [5.41, 5.74) is 3.27. The number of H-pyrrole nitrogens is 1. The first kappa shape index (κ1) is 8.56. The fourth-order valence-corrected chi connectivity index (χ4v) is 1.92. The summed E-state index contributed by atoms with van der Waals surface area (Å²) in [7, 11) is 1.85. The van der Waals surface area contributed by atoms with Gasteiger partial charge in [0.15, 0.2) is 0 Å². The van der Waals surface area contributed by atoms with Crippen LogP contribution >= 0.6 is 15.9 Å². The molecule has 68 valence electrons. The van der Waals surface area contributed by atoms with Gasteiger partial charge in [0.1, 0.15) is 0 Å². The van der Waals surface area contributed by atoms with E-state index in [-0.39, 0.29) is 0 Å². The van der Waals surface area contributed by atoms with Crippen molar-refractivity contribution in [3.05, 3.63) is 22.2 Å². The van der Waals surface area contributed by atoms with E-state index in [1.165, 1.54) is 5.56 Å². The van der Waals surface area contributed by atoms with Crippen LogP contribution in [0.5, 0.6) is 0 Å². The quantitative estimate of drug-likeness (QED) is 0.804. The van der Waals surface area contributed by atoms with Crippen LogP contribution in [-0.2, 0) is 0 Å². The fourth-order valence-electron chi connectivity index (χ4n) is 1.36. The minimum atomic E-state index is 0.802. The summed E-state index contributed by atoms with van der Waals surface area (Å²) in [6.45, 7) is 2.06. The number of hydrogen-bond donors (Lipinski definition) is 2. The van der Waals surface area contributed by atoms with Gasteiger partial charge in [-0.3, -0.25) is 0 Å². The molecule has 0 aliphatic rings. The number of hydrogen-bond acceptors (Lipinski definition) is 2. The van der Waals surface area contributed by atoms with Crippen molar-refractivity contribution in [2.45, 2.75) is 6.92 Å². The summed E-state index contributed by atoms with van der Waals surface area (Å²) in [6.07, 6.45) is 0. The first-order valence-corrected chi connectivity index (χ1v) is 4.83. The van der Waals surface area contributed by atoms with Crippen LogP contribution in [0.25, 0.3) is 11.0 Å². The molecule has 0 spiro atoms. The first-order chi connectivity index (χ1) is 6.20. The lowest BCUT2D eigenvalue weighted by Crippen LogP contribution is -1.88. The Labute approximate surface area is 84.7 Å². The predicted octanol–water partition coefficient (Wildman–Crippen LogP) is 2.68. The van der Waals surface area contributed by atoms with Crippen molar-refractivity contribution in [2.24, 2.45) is 0 Å². The molecule has 0 aliphatic carbocycles. The van der Waals surface area contributed by atoms with Crippen molar-refractivity contribution in [1.29, 1.82) is 0 Å². The maximum atomic E-state index is 4.36. The maximum Gasteiger partial charge on any atom is 0.200 e. The lowest BCUT2D eigenvalue weighted by molar-refractivity contribution is 1.28. The maximum absolute atomic E-state index is 4.36. The second kappa shape index (κ2) is 3.03. The van der Waals surface area contributed by atoms with Crippen LogP contribution in [-0.4, -0.2) is 17.0 Å². The molecule has 0 amide bonds. The Morgan fingerprint density at radius 1 is 1.46 bits per heavy atom. The molecule has 0 radical (unpaired) electrons. The van der Waals surface area contributed by atoms with Gasteiger partial charge in [-0.25, -0.2) is 4.98 Å². The van der Waals surface area contributed by atoms with Gasteiger partial charge >= 0.3 is 0 Å².